The van der Waals surface area contributed by atoms with E-state index in [2.05, 4.69) is 9.79 Å². The molecular formula is C12H12N2O4. The van der Waals surface area contributed by atoms with Crippen molar-refractivity contribution in [3.8, 4) is 11.5 Å². The molecule has 1 aliphatic carbocycles. The standard InChI is InChI=1S/C12H12N2O4/c15-14-9-7-11-10(6-8(9)13-18-14)16-12(17-11)4-2-1-3-5-12/h6-7H,1-5H2. The lowest BCUT2D eigenvalue weighted by Gasteiger charge is -2.31. The van der Waals surface area contributed by atoms with Crippen LogP contribution >= 0.6 is 0 Å². The van der Waals surface area contributed by atoms with Crippen LogP contribution in [0.5, 0.6) is 11.5 Å². The van der Waals surface area contributed by atoms with E-state index in [4.69, 9.17) is 9.47 Å². The predicted octanol–water partition coefficient (Wildman–Crippen LogP) is 1.89. The third-order valence-electron chi connectivity index (χ3n) is 3.66. The molecule has 0 bridgehead atoms. The van der Waals surface area contributed by atoms with Crippen LogP contribution < -0.4 is 14.4 Å². The second-order valence-electron chi connectivity index (χ2n) is 4.89. The maximum absolute atomic E-state index is 11.3. The third-order valence-corrected chi connectivity index (χ3v) is 3.66. The summed E-state index contributed by atoms with van der Waals surface area (Å²) in [4.78, 5) is 0.380. The van der Waals surface area contributed by atoms with Crippen LogP contribution in [0.4, 0.5) is 0 Å². The van der Waals surface area contributed by atoms with Crippen LogP contribution in [0.1, 0.15) is 32.1 Å². The van der Waals surface area contributed by atoms with Crippen LogP contribution in [0.2, 0.25) is 0 Å². The van der Waals surface area contributed by atoms with Gasteiger partial charge >= 0.3 is 0 Å². The molecule has 1 aromatic heterocycles. The van der Waals surface area contributed by atoms with Gasteiger partial charge < -0.3 is 14.7 Å². The quantitative estimate of drug-likeness (QED) is 0.666. The molecule has 0 unspecified atom stereocenters. The summed E-state index contributed by atoms with van der Waals surface area (Å²) in [6.45, 7) is 0. The van der Waals surface area contributed by atoms with E-state index in [1.807, 2.05) is 0 Å². The first kappa shape index (κ1) is 9.99. The fourth-order valence-electron chi connectivity index (χ4n) is 2.76. The molecule has 0 N–H and O–H groups in total. The minimum atomic E-state index is -0.524. The number of ether oxygens (including phenoxy) is 2. The Hall–Kier alpha value is -1.98. The lowest BCUT2D eigenvalue weighted by Crippen LogP contribution is -2.40. The van der Waals surface area contributed by atoms with Gasteiger partial charge in [-0.05, 0) is 17.7 Å². The van der Waals surface area contributed by atoms with Crippen molar-refractivity contribution in [2.45, 2.75) is 37.9 Å². The van der Waals surface area contributed by atoms with Crippen molar-refractivity contribution < 1.29 is 19.0 Å². The van der Waals surface area contributed by atoms with E-state index in [1.54, 1.807) is 12.1 Å². The molecule has 2 aliphatic rings. The van der Waals surface area contributed by atoms with Crippen LogP contribution in [-0.4, -0.2) is 10.9 Å². The van der Waals surface area contributed by atoms with Gasteiger partial charge in [0.1, 0.15) is 0 Å². The van der Waals surface area contributed by atoms with E-state index in [0.29, 0.717) is 27.4 Å². The second-order valence-corrected chi connectivity index (χ2v) is 4.89. The molecule has 2 heterocycles. The van der Waals surface area contributed by atoms with Gasteiger partial charge in [0.2, 0.25) is 5.52 Å². The van der Waals surface area contributed by atoms with Gasteiger partial charge in [-0.2, -0.15) is 0 Å². The minimum absolute atomic E-state index is 0.366. The Morgan fingerprint density at radius 3 is 2.61 bits per heavy atom. The zero-order valence-electron chi connectivity index (χ0n) is 9.72. The zero-order chi connectivity index (χ0) is 12.2. The first-order valence-electron chi connectivity index (χ1n) is 6.17. The van der Waals surface area contributed by atoms with Gasteiger partial charge in [-0.3, -0.25) is 4.63 Å². The Morgan fingerprint density at radius 1 is 1.11 bits per heavy atom. The highest BCUT2D eigenvalue weighted by Gasteiger charge is 2.43. The highest BCUT2D eigenvalue weighted by atomic mass is 16.8. The summed E-state index contributed by atoms with van der Waals surface area (Å²) in [6, 6.07) is 3.34. The molecule has 0 amide bonds. The summed E-state index contributed by atoms with van der Waals surface area (Å²) in [6.07, 6.45) is 5.21. The fraction of sp³-hybridized carbons (Fsp3) is 0.500. The Balaban J connectivity index is 1.78. The molecule has 6 nitrogen and oxygen atoms in total. The average molecular weight is 248 g/mol. The first-order chi connectivity index (χ1) is 8.76. The van der Waals surface area contributed by atoms with Crippen LogP contribution in [0.3, 0.4) is 0 Å². The summed E-state index contributed by atoms with van der Waals surface area (Å²) >= 11 is 0. The topological polar surface area (TPSA) is 71.4 Å². The maximum Gasteiger partial charge on any atom is 0.252 e. The van der Waals surface area contributed by atoms with Gasteiger partial charge in [-0.25, -0.2) is 0 Å². The summed E-state index contributed by atoms with van der Waals surface area (Å²) in [5.74, 6) is 0.736. The van der Waals surface area contributed by atoms with E-state index in [9.17, 15) is 5.21 Å². The first-order valence-corrected chi connectivity index (χ1v) is 6.17. The molecule has 0 radical (unpaired) electrons. The highest BCUT2D eigenvalue weighted by Crippen LogP contribution is 2.46. The maximum atomic E-state index is 11.3. The number of aromatic nitrogens is 2. The summed E-state index contributed by atoms with van der Waals surface area (Å²) in [5, 5.41) is 15.0. The second kappa shape index (κ2) is 3.28. The number of hydrogen-bond acceptors (Lipinski definition) is 5. The van der Waals surface area contributed by atoms with Crippen LogP contribution in [-0.2, 0) is 0 Å². The molecule has 0 saturated heterocycles. The summed E-state index contributed by atoms with van der Waals surface area (Å²) < 4.78 is 16.4. The predicted molar refractivity (Wildman–Crippen MR) is 60.0 cm³/mol. The molecule has 2 aromatic rings. The molecule has 6 heteroatoms. The van der Waals surface area contributed by atoms with E-state index in [0.717, 1.165) is 25.7 Å². The van der Waals surface area contributed by atoms with Crippen molar-refractivity contribution in [1.29, 1.82) is 0 Å². The van der Waals surface area contributed by atoms with E-state index in [1.165, 1.54) is 6.42 Å². The summed E-state index contributed by atoms with van der Waals surface area (Å²) in [7, 11) is 0. The average Bonchev–Trinajstić information content (AvgIpc) is 2.89. The van der Waals surface area contributed by atoms with E-state index in [-0.39, 0.29) is 0 Å². The Bertz CT molecular complexity index is 616. The molecule has 4 rings (SSSR count). The van der Waals surface area contributed by atoms with Crippen molar-refractivity contribution in [1.82, 2.24) is 5.16 Å². The van der Waals surface area contributed by atoms with Crippen LogP contribution in [0.15, 0.2) is 16.8 Å². The normalized spacial score (nSPS) is 20.7. The van der Waals surface area contributed by atoms with E-state index >= 15 is 0 Å². The van der Waals surface area contributed by atoms with Gasteiger partial charge in [0.15, 0.2) is 11.5 Å². The minimum Gasteiger partial charge on any atom is -0.448 e. The lowest BCUT2D eigenvalue weighted by atomic mass is 9.94. The van der Waals surface area contributed by atoms with Crippen LogP contribution in [0, 0.1) is 5.21 Å². The Labute approximate surface area is 103 Å². The largest absolute Gasteiger partial charge is 0.448 e. The van der Waals surface area contributed by atoms with Crippen molar-refractivity contribution in [3.63, 3.8) is 0 Å². The molecule has 1 fully saturated rings. The van der Waals surface area contributed by atoms with Crippen molar-refractivity contribution in [3.05, 3.63) is 17.3 Å². The highest BCUT2D eigenvalue weighted by molar-refractivity contribution is 5.76. The van der Waals surface area contributed by atoms with E-state index < -0.39 is 5.79 Å². The van der Waals surface area contributed by atoms with Gasteiger partial charge in [0, 0.05) is 30.1 Å². The molecule has 18 heavy (non-hydrogen) atoms. The summed E-state index contributed by atoms with van der Waals surface area (Å²) in [5.41, 5.74) is 0.852. The van der Waals surface area contributed by atoms with Gasteiger partial charge in [0.05, 0.1) is 0 Å². The van der Waals surface area contributed by atoms with Crippen molar-refractivity contribution >= 4 is 11.0 Å². The van der Waals surface area contributed by atoms with Gasteiger partial charge in [-0.15, -0.1) is 0 Å². The van der Waals surface area contributed by atoms with Crippen LogP contribution in [0.25, 0.3) is 11.0 Å². The number of benzene rings is 1. The fourth-order valence-corrected chi connectivity index (χ4v) is 2.76. The molecule has 1 saturated carbocycles. The molecule has 94 valence electrons. The zero-order valence-corrected chi connectivity index (χ0v) is 9.72. The third kappa shape index (κ3) is 1.28. The number of nitrogens with zero attached hydrogens (tertiary/aromatic N) is 2. The SMILES string of the molecule is [O-][n+]1onc2cc3c(cc21)OC1(CCCCC1)O3. The van der Waals surface area contributed by atoms with Crippen molar-refractivity contribution in [2.24, 2.45) is 0 Å². The number of hydrogen-bond donors (Lipinski definition) is 0. The van der Waals surface area contributed by atoms with Gasteiger partial charge in [-0.1, -0.05) is 6.42 Å². The molecule has 1 aromatic carbocycles. The van der Waals surface area contributed by atoms with Gasteiger partial charge in [0.25, 0.3) is 11.3 Å². The monoisotopic (exact) mass is 248 g/mol. The molecule has 1 spiro atoms. The Morgan fingerprint density at radius 2 is 1.83 bits per heavy atom. The molecule has 1 aliphatic heterocycles. The molecule has 0 atom stereocenters. The lowest BCUT2D eigenvalue weighted by molar-refractivity contribution is -0.782. The smallest absolute Gasteiger partial charge is 0.252 e. The molecular weight excluding hydrogens is 236 g/mol. The Kier molecular flexibility index (Phi) is 1.82. The number of fused-ring (bicyclic) bond motifs is 2. The van der Waals surface area contributed by atoms with Crippen molar-refractivity contribution in [2.75, 3.05) is 0 Å². The number of rotatable bonds is 0.